The number of carbonyl (C=O) groups excluding carboxylic acids is 1. The van der Waals surface area contributed by atoms with Crippen LogP contribution in [0.4, 0.5) is 0 Å². The van der Waals surface area contributed by atoms with Crippen LogP contribution in [0.25, 0.3) is 6.08 Å². The fourth-order valence-corrected chi connectivity index (χ4v) is 2.22. The predicted molar refractivity (Wildman–Crippen MR) is 71.0 cm³/mol. The Morgan fingerprint density at radius 1 is 1.37 bits per heavy atom. The van der Waals surface area contributed by atoms with Gasteiger partial charge in [-0.3, -0.25) is 4.79 Å². The highest BCUT2D eigenvalue weighted by Crippen LogP contribution is 2.32. The fraction of sp³-hybridized carbons (Fsp3) is 0.357. The van der Waals surface area contributed by atoms with Crippen LogP contribution in [0.5, 0.6) is 11.5 Å². The molecular weight excluding hydrogens is 244 g/mol. The highest BCUT2D eigenvalue weighted by Gasteiger charge is 2.15. The normalized spacial score (nSPS) is 20.9. The maximum atomic E-state index is 11.7. The van der Waals surface area contributed by atoms with Crippen molar-refractivity contribution in [2.75, 3.05) is 19.9 Å². The molecule has 2 N–H and O–H groups in total. The van der Waals surface area contributed by atoms with E-state index in [4.69, 9.17) is 9.47 Å². The van der Waals surface area contributed by atoms with Crippen molar-refractivity contribution >= 4 is 12.0 Å². The molecule has 0 aromatic heterocycles. The van der Waals surface area contributed by atoms with E-state index >= 15 is 0 Å². The Morgan fingerprint density at radius 3 is 3.11 bits per heavy atom. The number of amides is 1. The summed E-state index contributed by atoms with van der Waals surface area (Å²) in [7, 11) is 0. The summed E-state index contributed by atoms with van der Waals surface area (Å²) in [6.45, 7) is 2.08. The van der Waals surface area contributed by atoms with Crippen molar-refractivity contribution in [3.63, 3.8) is 0 Å². The van der Waals surface area contributed by atoms with Crippen molar-refractivity contribution in [1.82, 2.24) is 10.6 Å². The van der Waals surface area contributed by atoms with E-state index in [1.165, 1.54) is 0 Å². The lowest BCUT2D eigenvalue weighted by Crippen LogP contribution is -2.34. The third-order valence-electron chi connectivity index (χ3n) is 3.23. The van der Waals surface area contributed by atoms with Crippen LogP contribution in [-0.4, -0.2) is 31.8 Å². The highest BCUT2D eigenvalue weighted by molar-refractivity contribution is 5.92. The van der Waals surface area contributed by atoms with E-state index in [2.05, 4.69) is 10.6 Å². The minimum Gasteiger partial charge on any atom is -0.454 e. The van der Waals surface area contributed by atoms with Gasteiger partial charge in [-0.15, -0.1) is 0 Å². The molecule has 2 heterocycles. The van der Waals surface area contributed by atoms with E-state index < -0.39 is 0 Å². The molecule has 5 heteroatoms. The number of hydrogen-bond donors (Lipinski definition) is 2. The smallest absolute Gasteiger partial charge is 0.244 e. The summed E-state index contributed by atoms with van der Waals surface area (Å²) in [5.41, 5.74) is 0.920. The Morgan fingerprint density at radius 2 is 2.26 bits per heavy atom. The van der Waals surface area contributed by atoms with E-state index in [0.717, 1.165) is 36.6 Å². The van der Waals surface area contributed by atoms with Crippen molar-refractivity contribution in [2.45, 2.75) is 12.5 Å². The Balaban J connectivity index is 1.60. The van der Waals surface area contributed by atoms with Crippen LogP contribution < -0.4 is 20.1 Å². The second-order valence-corrected chi connectivity index (χ2v) is 4.64. The van der Waals surface area contributed by atoms with E-state index in [-0.39, 0.29) is 18.7 Å². The summed E-state index contributed by atoms with van der Waals surface area (Å²) in [5.74, 6) is 1.41. The molecule has 5 nitrogen and oxygen atoms in total. The fourth-order valence-electron chi connectivity index (χ4n) is 2.22. The molecule has 2 aliphatic rings. The molecule has 100 valence electrons. The van der Waals surface area contributed by atoms with Gasteiger partial charge in [0.1, 0.15) is 0 Å². The van der Waals surface area contributed by atoms with Gasteiger partial charge in [0.05, 0.1) is 0 Å². The van der Waals surface area contributed by atoms with E-state index in [1.54, 1.807) is 12.2 Å². The van der Waals surface area contributed by atoms with Gasteiger partial charge in [-0.1, -0.05) is 6.07 Å². The average Bonchev–Trinajstić information content (AvgIpc) is 3.06. The number of benzene rings is 1. The molecule has 0 bridgehead atoms. The number of rotatable bonds is 3. The third-order valence-corrected chi connectivity index (χ3v) is 3.23. The van der Waals surface area contributed by atoms with Crippen molar-refractivity contribution in [3.8, 4) is 11.5 Å². The summed E-state index contributed by atoms with van der Waals surface area (Å²) in [4.78, 5) is 11.7. The quantitative estimate of drug-likeness (QED) is 0.793. The molecule has 0 spiro atoms. The molecular formula is C14H16N2O3. The lowest BCUT2D eigenvalue weighted by Gasteiger charge is -2.08. The molecule has 3 rings (SSSR count). The molecule has 1 saturated heterocycles. The summed E-state index contributed by atoms with van der Waals surface area (Å²) >= 11 is 0. The van der Waals surface area contributed by atoms with Crippen LogP contribution >= 0.6 is 0 Å². The van der Waals surface area contributed by atoms with Gasteiger partial charge in [0.2, 0.25) is 12.7 Å². The zero-order chi connectivity index (χ0) is 13.1. The maximum Gasteiger partial charge on any atom is 0.244 e. The Hall–Kier alpha value is -2.01. The van der Waals surface area contributed by atoms with Crippen LogP contribution in [0.2, 0.25) is 0 Å². The summed E-state index contributed by atoms with van der Waals surface area (Å²) in [6, 6.07) is 5.85. The minimum absolute atomic E-state index is 0.0635. The SMILES string of the molecule is O=C(C=Cc1ccc2c(c1)OCO2)N[C@@H]1CCNC1. The van der Waals surface area contributed by atoms with Gasteiger partial charge in [0.25, 0.3) is 0 Å². The molecule has 2 aliphatic heterocycles. The first-order chi connectivity index (χ1) is 9.31. The molecule has 0 radical (unpaired) electrons. The first-order valence-corrected chi connectivity index (χ1v) is 6.40. The highest BCUT2D eigenvalue weighted by atomic mass is 16.7. The zero-order valence-corrected chi connectivity index (χ0v) is 10.5. The predicted octanol–water partition coefficient (Wildman–Crippen LogP) is 0.907. The molecule has 1 fully saturated rings. The number of ether oxygens (including phenoxy) is 2. The number of hydrogen-bond acceptors (Lipinski definition) is 4. The van der Waals surface area contributed by atoms with Gasteiger partial charge < -0.3 is 20.1 Å². The maximum absolute atomic E-state index is 11.7. The lowest BCUT2D eigenvalue weighted by molar-refractivity contribution is -0.117. The van der Waals surface area contributed by atoms with Gasteiger partial charge in [-0.2, -0.15) is 0 Å². The molecule has 0 saturated carbocycles. The Kier molecular flexibility index (Phi) is 3.37. The Labute approximate surface area is 111 Å². The third kappa shape index (κ3) is 2.88. The standard InChI is InChI=1S/C14H16N2O3/c17-14(16-11-5-6-15-8-11)4-2-10-1-3-12-13(7-10)19-9-18-12/h1-4,7,11,15H,5-6,8-9H2,(H,16,17)/t11-/m1/s1. The second-order valence-electron chi connectivity index (χ2n) is 4.64. The van der Waals surface area contributed by atoms with Gasteiger partial charge in [0.15, 0.2) is 11.5 Å². The van der Waals surface area contributed by atoms with Gasteiger partial charge in [-0.25, -0.2) is 0 Å². The summed E-state index contributed by atoms with van der Waals surface area (Å²) in [5, 5.41) is 6.17. The van der Waals surface area contributed by atoms with E-state index in [9.17, 15) is 4.79 Å². The second kappa shape index (κ2) is 5.32. The van der Waals surface area contributed by atoms with Gasteiger partial charge in [-0.05, 0) is 36.7 Å². The number of fused-ring (bicyclic) bond motifs is 1. The molecule has 19 heavy (non-hydrogen) atoms. The number of carbonyl (C=O) groups is 1. The lowest BCUT2D eigenvalue weighted by atomic mass is 10.2. The van der Waals surface area contributed by atoms with Crippen molar-refractivity contribution in [3.05, 3.63) is 29.8 Å². The Bertz CT molecular complexity index is 507. The van der Waals surface area contributed by atoms with Gasteiger partial charge >= 0.3 is 0 Å². The van der Waals surface area contributed by atoms with E-state index in [1.807, 2.05) is 18.2 Å². The first kappa shape index (κ1) is 12.0. The van der Waals surface area contributed by atoms with Crippen LogP contribution in [0.15, 0.2) is 24.3 Å². The summed E-state index contributed by atoms with van der Waals surface area (Å²) in [6.07, 6.45) is 4.32. The first-order valence-electron chi connectivity index (χ1n) is 6.40. The molecule has 1 aromatic carbocycles. The molecule has 1 amide bonds. The molecule has 0 unspecified atom stereocenters. The number of nitrogens with one attached hydrogen (secondary N) is 2. The van der Waals surface area contributed by atoms with Crippen molar-refractivity contribution in [1.29, 1.82) is 0 Å². The minimum atomic E-state index is -0.0635. The largest absolute Gasteiger partial charge is 0.454 e. The zero-order valence-electron chi connectivity index (χ0n) is 10.5. The van der Waals surface area contributed by atoms with E-state index in [0.29, 0.717) is 0 Å². The van der Waals surface area contributed by atoms with Crippen molar-refractivity contribution in [2.24, 2.45) is 0 Å². The molecule has 0 aliphatic carbocycles. The monoisotopic (exact) mass is 260 g/mol. The summed E-state index contributed by atoms with van der Waals surface area (Å²) < 4.78 is 10.5. The topological polar surface area (TPSA) is 59.6 Å². The van der Waals surface area contributed by atoms with Crippen LogP contribution in [0.3, 0.4) is 0 Å². The van der Waals surface area contributed by atoms with Gasteiger partial charge in [0, 0.05) is 18.7 Å². The molecule has 1 aromatic rings. The van der Waals surface area contributed by atoms with Crippen molar-refractivity contribution < 1.29 is 14.3 Å². The average molecular weight is 260 g/mol. The van der Waals surface area contributed by atoms with Crippen LogP contribution in [-0.2, 0) is 4.79 Å². The van der Waals surface area contributed by atoms with Crippen LogP contribution in [0.1, 0.15) is 12.0 Å². The molecule has 1 atom stereocenters. The van der Waals surface area contributed by atoms with Crippen LogP contribution in [0, 0.1) is 0 Å².